The molecule has 0 unspecified atom stereocenters. The molecule has 0 aliphatic carbocycles. The molecule has 1 aromatic rings. The van der Waals surface area contributed by atoms with Crippen molar-refractivity contribution in [3.63, 3.8) is 0 Å². The third-order valence-electron chi connectivity index (χ3n) is 4.03. The average Bonchev–Trinajstić information content (AvgIpc) is 3.02. The second-order valence-electron chi connectivity index (χ2n) is 5.91. The van der Waals surface area contributed by atoms with E-state index in [0.29, 0.717) is 19.5 Å². The van der Waals surface area contributed by atoms with Gasteiger partial charge in [-0.1, -0.05) is 6.92 Å². The summed E-state index contributed by atoms with van der Waals surface area (Å²) < 4.78 is 36.3. The first kappa shape index (κ1) is 18.3. The van der Waals surface area contributed by atoms with Crippen molar-refractivity contribution in [3.8, 4) is 0 Å². The van der Waals surface area contributed by atoms with Crippen molar-refractivity contribution < 1.29 is 22.8 Å². The summed E-state index contributed by atoms with van der Waals surface area (Å²) in [6, 6.07) is 1.49. The number of hydrogen-bond donors (Lipinski definition) is 2. The number of H-pyrrole nitrogens is 1. The van der Waals surface area contributed by atoms with Crippen molar-refractivity contribution in [2.24, 2.45) is 0 Å². The van der Waals surface area contributed by atoms with Crippen LogP contribution in [-0.2, 0) is 4.79 Å². The Bertz CT molecular complexity index is 578. The van der Waals surface area contributed by atoms with E-state index in [-0.39, 0.29) is 17.5 Å². The van der Waals surface area contributed by atoms with Crippen LogP contribution in [0.4, 0.5) is 13.2 Å². The third kappa shape index (κ3) is 4.97. The van der Waals surface area contributed by atoms with Crippen LogP contribution in [0, 0.1) is 0 Å². The zero-order chi connectivity index (χ0) is 17.7. The Labute approximate surface area is 137 Å². The highest BCUT2D eigenvalue weighted by Gasteiger charge is 2.29. The lowest BCUT2D eigenvalue weighted by atomic mass is 9.93. The first-order valence-electron chi connectivity index (χ1n) is 7.98. The first-order chi connectivity index (χ1) is 11.3. The smallest absolute Gasteiger partial charge is 0.343 e. The Hall–Kier alpha value is -2.06. The van der Waals surface area contributed by atoms with Gasteiger partial charge in [0, 0.05) is 31.1 Å². The number of halogens is 3. The van der Waals surface area contributed by atoms with Crippen LogP contribution in [0.25, 0.3) is 0 Å². The molecule has 134 valence electrons. The summed E-state index contributed by atoms with van der Waals surface area (Å²) in [6.45, 7) is 1.85. The second-order valence-corrected chi connectivity index (χ2v) is 5.91. The summed E-state index contributed by atoms with van der Waals surface area (Å²) in [5.74, 6) is -0.592. The standard InChI is InChI=1S/C15H21F3N4O2/c1-2-3-13(23)22-6-4-10(5-7-22)11-8-12(21-20-11)14(24)19-9-15(16,17)18/h8,10H,2-7,9H2,1H3,(H,19,24)(H,20,21). The maximum Gasteiger partial charge on any atom is 0.405 e. The quantitative estimate of drug-likeness (QED) is 0.858. The zero-order valence-corrected chi connectivity index (χ0v) is 13.4. The van der Waals surface area contributed by atoms with Crippen LogP contribution >= 0.6 is 0 Å². The van der Waals surface area contributed by atoms with Crippen LogP contribution in [0.2, 0.25) is 0 Å². The van der Waals surface area contributed by atoms with Crippen LogP contribution in [0.5, 0.6) is 0 Å². The van der Waals surface area contributed by atoms with Crippen molar-refractivity contribution in [2.75, 3.05) is 19.6 Å². The van der Waals surface area contributed by atoms with Crippen LogP contribution in [0.1, 0.15) is 54.7 Å². The molecule has 2 rings (SSSR count). The molecule has 2 N–H and O–H groups in total. The van der Waals surface area contributed by atoms with Crippen molar-refractivity contribution >= 4 is 11.8 Å². The molecule has 1 fully saturated rings. The molecule has 1 aliphatic heterocycles. The van der Waals surface area contributed by atoms with Crippen LogP contribution in [-0.4, -0.2) is 52.7 Å². The SMILES string of the molecule is CCCC(=O)N1CCC(c2cc(C(=O)NCC(F)(F)F)n[nH]2)CC1. The summed E-state index contributed by atoms with van der Waals surface area (Å²) in [5.41, 5.74) is 0.661. The fourth-order valence-corrected chi connectivity index (χ4v) is 2.75. The first-order valence-corrected chi connectivity index (χ1v) is 7.98. The van der Waals surface area contributed by atoms with Crippen molar-refractivity contribution in [2.45, 2.75) is 44.7 Å². The Morgan fingerprint density at radius 1 is 1.38 bits per heavy atom. The van der Waals surface area contributed by atoms with Gasteiger partial charge in [0.2, 0.25) is 5.91 Å². The third-order valence-corrected chi connectivity index (χ3v) is 4.03. The van der Waals surface area contributed by atoms with E-state index in [2.05, 4.69) is 10.2 Å². The molecule has 24 heavy (non-hydrogen) atoms. The molecule has 9 heteroatoms. The van der Waals surface area contributed by atoms with Gasteiger partial charge in [-0.15, -0.1) is 0 Å². The summed E-state index contributed by atoms with van der Waals surface area (Å²) in [6.07, 6.45) is -1.62. The number of amides is 2. The largest absolute Gasteiger partial charge is 0.405 e. The topological polar surface area (TPSA) is 78.1 Å². The zero-order valence-electron chi connectivity index (χ0n) is 13.4. The minimum Gasteiger partial charge on any atom is -0.343 e. The van der Waals surface area contributed by atoms with Crippen LogP contribution < -0.4 is 5.32 Å². The fourth-order valence-electron chi connectivity index (χ4n) is 2.75. The van der Waals surface area contributed by atoms with Crippen LogP contribution in [0.15, 0.2) is 6.07 Å². The highest BCUT2D eigenvalue weighted by Crippen LogP contribution is 2.27. The van der Waals surface area contributed by atoms with Gasteiger partial charge >= 0.3 is 6.18 Å². The fraction of sp³-hybridized carbons (Fsp3) is 0.667. The lowest BCUT2D eigenvalue weighted by Crippen LogP contribution is -2.37. The number of carbonyl (C=O) groups is 2. The molecule has 1 aliphatic rings. The Morgan fingerprint density at radius 2 is 2.04 bits per heavy atom. The maximum atomic E-state index is 12.1. The van der Waals surface area contributed by atoms with Gasteiger partial charge in [-0.2, -0.15) is 18.3 Å². The van der Waals surface area contributed by atoms with E-state index in [0.717, 1.165) is 25.0 Å². The number of likely N-dealkylation sites (tertiary alicyclic amines) is 1. The van der Waals surface area contributed by atoms with Gasteiger partial charge in [0.1, 0.15) is 12.2 Å². The number of nitrogens with zero attached hydrogens (tertiary/aromatic N) is 2. The molecular formula is C15H21F3N4O2. The molecule has 0 spiro atoms. The molecule has 0 radical (unpaired) electrons. The lowest BCUT2D eigenvalue weighted by molar-refractivity contribution is -0.132. The van der Waals surface area contributed by atoms with Crippen molar-refractivity contribution in [1.82, 2.24) is 20.4 Å². The number of alkyl halides is 3. The summed E-state index contributed by atoms with van der Waals surface area (Å²) in [7, 11) is 0. The van der Waals surface area contributed by atoms with Gasteiger partial charge in [0.25, 0.3) is 5.91 Å². The Balaban J connectivity index is 1.88. The molecule has 0 saturated carbocycles. The summed E-state index contributed by atoms with van der Waals surface area (Å²) >= 11 is 0. The number of aromatic nitrogens is 2. The Kier molecular flexibility index (Phi) is 5.84. The van der Waals surface area contributed by atoms with Gasteiger partial charge in [-0.3, -0.25) is 14.7 Å². The molecule has 0 atom stereocenters. The summed E-state index contributed by atoms with van der Waals surface area (Å²) in [4.78, 5) is 25.3. The van der Waals surface area contributed by atoms with E-state index in [1.54, 1.807) is 5.32 Å². The number of piperidine rings is 1. The minimum atomic E-state index is -4.45. The normalized spacial score (nSPS) is 16.2. The van der Waals surface area contributed by atoms with Gasteiger partial charge in [0.05, 0.1) is 0 Å². The van der Waals surface area contributed by atoms with E-state index >= 15 is 0 Å². The number of aromatic amines is 1. The highest BCUT2D eigenvalue weighted by molar-refractivity contribution is 5.92. The molecule has 1 aromatic heterocycles. The van der Waals surface area contributed by atoms with Gasteiger partial charge in [-0.25, -0.2) is 0 Å². The molecular weight excluding hydrogens is 325 g/mol. The predicted octanol–water partition coefficient (Wildman–Crippen LogP) is 2.21. The molecule has 0 bridgehead atoms. The Morgan fingerprint density at radius 3 is 2.62 bits per heavy atom. The van der Waals surface area contributed by atoms with E-state index in [9.17, 15) is 22.8 Å². The molecule has 2 heterocycles. The lowest BCUT2D eigenvalue weighted by Gasteiger charge is -2.31. The predicted molar refractivity (Wildman–Crippen MR) is 80.4 cm³/mol. The number of rotatable bonds is 5. The van der Waals surface area contributed by atoms with Gasteiger partial charge < -0.3 is 10.2 Å². The highest BCUT2D eigenvalue weighted by atomic mass is 19.4. The van der Waals surface area contributed by atoms with Crippen molar-refractivity contribution in [1.29, 1.82) is 0 Å². The van der Waals surface area contributed by atoms with Gasteiger partial charge in [0.15, 0.2) is 0 Å². The maximum absolute atomic E-state index is 12.1. The molecule has 0 aromatic carbocycles. The van der Waals surface area contributed by atoms with E-state index in [4.69, 9.17) is 0 Å². The van der Waals surface area contributed by atoms with Gasteiger partial charge in [-0.05, 0) is 25.3 Å². The minimum absolute atomic E-state index is 0.0567. The monoisotopic (exact) mass is 346 g/mol. The molecule has 6 nitrogen and oxygen atoms in total. The number of nitrogens with one attached hydrogen (secondary N) is 2. The summed E-state index contributed by atoms with van der Waals surface area (Å²) in [5, 5.41) is 8.31. The van der Waals surface area contributed by atoms with E-state index in [1.807, 2.05) is 11.8 Å². The average molecular weight is 346 g/mol. The van der Waals surface area contributed by atoms with E-state index < -0.39 is 18.6 Å². The number of hydrogen-bond acceptors (Lipinski definition) is 3. The molecule has 1 saturated heterocycles. The van der Waals surface area contributed by atoms with E-state index in [1.165, 1.54) is 6.07 Å². The van der Waals surface area contributed by atoms with Crippen molar-refractivity contribution in [3.05, 3.63) is 17.5 Å². The second kappa shape index (κ2) is 7.67. The van der Waals surface area contributed by atoms with Crippen LogP contribution in [0.3, 0.4) is 0 Å². The number of carbonyl (C=O) groups excluding carboxylic acids is 2. The molecule has 2 amide bonds.